The van der Waals surface area contributed by atoms with Crippen LogP contribution in [0.4, 0.5) is 0 Å². The zero-order valence-electron chi connectivity index (χ0n) is 5.40. The summed E-state index contributed by atoms with van der Waals surface area (Å²) in [5.41, 5.74) is 0. The van der Waals surface area contributed by atoms with Crippen molar-refractivity contribution in [3.63, 3.8) is 0 Å². The van der Waals surface area contributed by atoms with Crippen molar-refractivity contribution in [2.75, 3.05) is 5.75 Å². The van der Waals surface area contributed by atoms with Crippen molar-refractivity contribution in [2.24, 2.45) is 5.92 Å². The molecule has 42 valence electrons. The molecule has 0 aromatic heterocycles. The summed E-state index contributed by atoms with van der Waals surface area (Å²) in [5.74, 6) is 2.20. The van der Waals surface area contributed by atoms with E-state index in [1.165, 1.54) is 12.2 Å². The maximum absolute atomic E-state index is 2.26. The van der Waals surface area contributed by atoms with E-state index in [2.05, 4.69) is 21.0 Å². The lowest BCUT2D eigenvalue weighted by Gasteiger charge is -1.99. The minimum atomic E-state index is 0.882. The Hall–Kier alpha value is 0.415. The minimum absolute atomic E-state index is 0.882. The lowest BCUT2D eigenvalue weighted by molar-refractivity contribution is 0.633. The van der Waals surface area contributed by atoms with Gasteiger partial charge >= 0.3 is 0 Å². The molecule has 0 aliphatic rings. The molecule has 0 unspecified atom stereocenters. The predicted molar refractivity (Wildman–Crippen MR) is 40.5 cm³/mol. The SMILES string of the molecule is BSCCC(C)C. The summed E-state index contributed by atoms with van der Waals surface area (Å²) in [5, 5.41) is 0. The van der Waals surface area contributed by atoms with E-state index in [1.54, 1.807) is 0 Å². The normalized spacial score (nSPS) is 10.1. The van der Waals surface area contributed by atoms with E-state index >= 15 is 0 Å². The third-order valence-corrected chi connectivity index (χ3v) is 1.54. The molecular weight excluding hydrogens is 103 g/mol. The van der Waals surface area contributed by atoms with Crippen LogP contribution in [-0.2, 0) is 0 Å². The molecule has 0 rings (SSSR count). The van der Waals surface area contributed by atoms with Crippen molar-refractivity contribution in [3.8, 4) is 0 Å². The van der Waals surface area contributed by atoms with Gasteiger partial charge in [0, 0.05) is 0 Å². The molecule has 7 heavy (non-hydrogen) atoms. The highest BCUT2D eigenvalue weighted by atomic mass is 32.2. The molecule has 0 N–H and O–H groups in total. The maximum atomic E-state index is 2.26. The molecule has 0 aliphatic heterocycles. The van der Waals surface area contributed by atoms with Crippen LogP contribution < -0.4 is 0 Å². The highest BCUT2D eigenvalue weighted by Gasteiger charge is 1.88. The third kappa shape index (κ3) is 6.41. The lowest BCUT2D eigenvalue weighted by atomic mass is 10.2. The highest BCUT2D eigenvalue weighted by molar-refractivity contribution is 8.19. The van der Waals surface area contributed by atoms with Gasteiger partial charge < -0.3 is 0 Å². The summed E-state index contributed by atoms with van der Waals surface area (Å²) in [6.45, 7) is 4.52. The second kappa shape index (κ2) is 4.57. The molecule has 0 aromatic rings. The van der Waals surface area contributed by atoms with E-state index in [0.717, 1.165) is 5.92 Å². The minimum Gasteiger partial charge on any atom is -0.220 e. The first-order valence-corrected chi connectivity index (χ1v) is 4.15. The smallest absolute Gasteiger partial charge is 0.173 e. The van der Waals surface area contributed by atoms with Gasteiger partial charge in [0.05, 0.1) is 0 Å². The molecule has 0 heterocycles. The van der Waals surface area contributed by atoms with Crippen LogP contribution >= 0.6 is 11.6 Å². The monoisotopic (exact) mass is 116 g/mol. The van der Waals surface area contributed by atoms with E-state index in [9.17, 15) is 0 Å². The lowest BCUT2D eigenvalue weighted by Crippen LogP contribution is -1.87. The third-order valence-electron chi connectivity index (χ3n) is 0.899. The summed E-state index contributed by atoms with van der Waals surface area (Å²) in [6, 6.07) is 0. The first kappa shape index (κ1) is 7.41. The van der Waals surface area contributed by atoms with Gasteiger partial charge in [0.2, 0.25) is 0 Å². The fourth-order valence-electron chi connectivity index (χ4n) is 0.354. The Morgan fingerprint density at radius 3 is 2.29 bits per heavy atom. The number of hydrogen-bond donors (Lipinski definition) is 0. The van der Waals surface area contributed by atoms with E-state index in [-0.39, 0.29) is 0 Å². The van der Waals surface area contributed by atoms with Gasteiger partial charge in [-0.2, -0.15) is 0 Å². The summed E-state index contributed by atoms with van der Waals surface area (Å²) < 4.78 is 0. The van der Waals surface area contributed by atoms with Gasteiger partial charge in [-0.05, 0) is 18.1 Å². The highest BCUT2D eigenvalue weighted by Crippen LogP contribution is 2.03. The predicted octanol–water partition coefficient (Wildman–Crippen LogP) is 1.31. The van der Waals surface area contributed by atoms with Gasteiger partial charge in [-0.1, -0.05) is 13.8 Å². The molecule has 0 spiro atoms. The number of rotatable bonds is 3. The summed E-state index contributed by atoms with van der Waals surface area (Å²) in [7, 11) is 2.16. The van der Waals surface area contributed by atoms with Crippen molar-refractivity contribution in [1.82, 2.24) is 0 Å². The van der Waals surface area contributed by atoms with Crippen molar-refractivity contribution >= 4 is 18.7 Å². The van der Waals surface area contributed by atoms with Crippen LogP contribution in [0.1, 0.15) is 20.3 Å². The van der Waals surface area contributed by atoms with Crippen LogP contribution in [0.5, 0.6) is 0 Å². The number of hydrogen-bond acceptors (Lipinski definition) is 1. The molecule has 0 fully saturated rings. The van der Waals surface area contributed by atoms with Gasteiger partial charge in [0.15, 0.2) is 7.12 Å². The molecule has 0 bridgehead atoms. The average molecular weight is 116 g/mol. The Morgan fingerprint density at radius 2 is 2.14 bits per heavy atom. The van der Waals surface area contributed by atoms with E-state index in [0.29, 0.717) is 0 Å². The first-order chi connectivity index (χ1) is 3.27. The van der Waals surface area contributed by atoms with E-state index < -0.39 is 0 Å². The Labute approximate surface area is 51.4 Å². The zero-order chi connectivity index (χ0) is 5.70. The second-order valence-corrected chi connectivity index (χ2v) is 3.16. The van der Waals surface area contributed by atoms with Crippen LogP contribution in [0.3, 0.4) is 0 Å². The van der Waals surface area contributed by atoms with Gasteiger partial charge in [-0.3, -0.25) is 0 Å². The summed E-state index contributed by atoms with van der Waals surface area (Å²) in [4.78, 5) is 0. The quantitative estimate of drug-likeness (QED) is 0.501. The Balaban J connectivity index is 2.68. The summed E-state index contributed by atoms with van der Waals surface area (Å²) >= 11 is 1.93. The Morgan fingerprint density at radius 1 is 1.57 bits per heavy atom. The van der Waals surface area contributed by atoms with Crippen molar-refractivity contribution in [3.05, 3.63) is 0 Å². The van der Waals surface area contributed by atoms with Crippen LogP contribution in [0.25, 0.3) is 0 Å². The van der Waals surface area contributed by atoms with Gasteiger partial charge in [-0.15, -0.1) is 0 Å². The van der Waals surface area contributed by atoms with Crippen molar-refractivity contribution in [2.45, 2.75) is 20.3 Å². The molecule has 2 heteroatoms. The van der Waals surface area contributed by atoms with Gasteiger partial charge in [-0.25, -0.2) is 11.6 Å². The fourth-order valence-corrected chi connectivity index (χ4v) is 1.06. The van der Waals surface area contributed by atoms with Gasteiger partial charge in [0.25, 0.3) is 0 Å². The standard InChI is InChI=1S/C5H13BS/c1-5(2)3-4-7-6/h5H,3-4,6H2,1-2H3. The van der Waals surface area contributed by atoms with Crippen LogP contribution in [-0.4, -0.2) is 12.9 Å². The van der Waals surface area contributed by atoms with Crippen LogP contribution in [0.15, 0.2) is 0 Å². The maximum Gasteiger partial charge on any atom is 0.173 e. The Kier molecular flexibility index (Phi) is 4.84. The zero-order valence-corrected chi connectivity index (χ0v) is 6.22. The van der Waals surface area contributed by atoms with Crippen molar-refractivity contribution in [1.29, 1.82) is 0 Å². The largest absolute Gasteiger partial charge is 0.220 e. The molecule has 0 saturated carbocycles. The molecule has 0 nitrogen and oxygen atoms in total. The van der Waals surface area contributed by atoms with Crippen LogP contribution in [0.2, 0.25) is 0 Å². The van der Waals surface area contributed by atoms with Gasteiger partial charge in [0.1, 0.15) is 0 Å². The Bertz CT molecular complexity index is 37.1. The van der Waals surface area contributed by atoms with E-state index in [1.807, 2.05) is 11.6 Å². The fraction of sp³-hybridized carbons (Fsp3) is 1.00. The van der Waals surface area contributed by atoms with E-state index in [4.69, 9.17) is 0 Å². The molecule has 0 saturated heterocycles. The molecule has 0 aliphatic carbocycles. The topological polar surface area (TPSA) is 0 Å². The molecule has 0 aromatic carbocycles. The molecular formula is C5H13BS. The summed E-state index contributed by atoms with van der Waals surface area (Å²) in [6.07, 6.45) is 1.36. The molecule has 0 amide bonds. The van der Waals surface area contributed by atoms with Crippen molar-refractivity contribution < 1.29 is 0 Å². The molecule has 0 atom stereocenters. The van der Waals surface area contributed by atoms with Crippen LogP contribution in [0, 0.1) is 5.92 Å². The second-order valence-electron chi connectivity index (χ2n) is 2.18. The first-order valence-electron chi connectivity index (χ1n) is 2.76. The molecule has 0 radical (unpaired) electrons. The average Bonchev–Trinajstić information content (AvgIpc) is 1.61.